The maximum atomic E-state index is 13.3. The summed E-state index contributed by atoms with van der Waals surface area (Å²) in [6.45, 7) is 7.79. The number of carbonyl (C=O) groups is 1. The van der Waals surface area contributed by atoms with Gasteiger partial charge in [0.1, 0.15) is 0 Å². The smallest absolute Gasteiger partial charge is 0.294 e. The number of anilines is 2. The van der Waals surface area contributed by atoms with E-state index in [-0.39, 0.29) is 10.8 Å². The Morgan fingerprint density at radius 3 is 2.47 bits per heavy atom. The van der Waals surface area contributed by atoms with Gasteiger partial charge in [-0.05, 0) is 73.2 Å². The Morgan fingerprint density at radius 1 is 1.02 bits per heavy atom. The van der Waals surface area contributed by atoms with E-state index in [0.29, 0.717) is 18.4 Å². The zero-order valence-electron chi connectivity index (χ0n) is 26.6. The lowest BCUT2D eigenvalue weighted by molar-refractivity contribution is 0.0966. The molecule has 0 fully saturated rings. The first-order valence-electron chi connectivity index (χ1n) is 15.5. The molecule has 0 saturated heterocycles. The third-order valence-corrected chi connectivity index (χ3v) is 9.50. The van der Waals surface area contributed by atoms with Crippen LogP contribution in [0.1, 0.15) is 46.6 Å². The Labute approximate surface area is 272 Å². The Kier molecular flexibility index (Phi) is 7.56. The molecule has 0 saturated carbocycles. The molecule has 3 N–H and O–H groups in total. The number of benzene rings is 3. The van der Waals surface area contributed by atoms with Crippen LogP contribution in [0.5, 0.6) is 0 Å². The number of amides is 1. The average molecular weight is 650 g/mol. The number of hydrogen-bond donors (Lipinski definition) is 3. The first kappa shape index (κ1) is 30.6. The highest BCUT2D eigenvalue weighted by atomic mass is 32.2. The maximum absolute atomic E-state index is 13.3. The number of nitrogens with zero attached hydrogens (tertiary/aromatic N) is 5. The molecule has 3 aromatic carbocycles. The van der Waals surface area contributed by atoms with Gasteiger partial charge >= 0.3 is 0 Å². The van der Waals surface area contributed by atoms with Gasteiger partial charge in [-0.25, -0.2) is 9.97 Å². The van der Waals surface area contributed by atoms with Crippen LogP contribution in [0, 0.1) is 12.8 Å². The van der Waals surface area contributed by atoms with Gasteiger partial charge in [0.15, 0.2) is 0 Å². The second kappa shape index (κ2) is 11.6. The minimum atomic E-state index is -4.02. The zero-order valence-corrected chi connectivity index (χ0v) is 27.4. The monoisotopic (exact) mass is 649 g/mol. The van der Waals surface area contributed by atoms with E-state index in [1.165, 1.54) is 34.1 Å². The van der Waals surface area contributed by atoms with E-state index in [4.69, 9.17) is 9.65 Å². The number of carbonyl (C=O) groups excluding carboxylic acids is 1. The van der Waals surface area contributed by atoms with Crippen molar-refractivity contribution in [3.63, 3.8) is 0 Å². The van der Waals surface area contributed by atoms with Crippen molar-refractivity contribution in [1.29, 1.82) is 0 Å². The summed E-state index contributed by atoms with van der Waals surface area (Å²) in [5.41, 5.74) is 10.7. The molecule has 8 rings (SSSR count). The number of aryl methyl sites for hydroxylation is 4. The van der Waals surface area contributed by atoms with Gasteiger partial charge in [0.2, 0.25) is 5.95 Å². The van der Waals surface area contributed by atoms with Crippen molar-refractivity contribution in [1.82, 2.24) is 29.6 Å². The molecule has 0 radical (unpaired) electrons. The fourth-order valence-corrected chi connectivity index (χ4v) is 7.23. The lowest BCUT2D eigenvalue weighted by Gasteiger charge is -2.22. The summed E-state index contributed by atoms with van der Waals surface area (Å²) in [6.07, 6.45) is 7.27. The second-order valence-corrected chi connectivity index (χ2v) is 13.9. The Hall–Kier alpha value is -5.07. The molecule has 0 unspecified atom stereocenters. The molecular weight excluding hydrogens is 614 g/mol. The van der Waals surface area contributed by atoms with Crippen molar-refractivity contribution in [3.8, 4) is 11.1 Å². The van der Waals surface area contributed by atoms with Crippen LogP contribution in [0.4, 0.5) is 11.6 Å². The predicted molar refractivity (Wildman–Crippen MR) is 181 cm³/mol. The maximum Gasteiger partial charge on any atom is 0.294 e. The number of rotatable bonds is 5. The second-order valence-electron chi connectivity index (χ2n) is 12.5. The van der Waals surface area contributed by atoms with Crippen LogP contribution in [-0.4, -0.2) is 43.2 Å². The van der Waals surface area contributed by atoms with Gasteiger partial charge in [-0.2, -0.15) is 13.5 Å². The van der Waals surface area contributed by atoms with Gasteiger partial charge in [0.25, 0.3) is 16.0 Å². The summed E-state index contributed by atoms with van der Waals surface area (Å²) >= 11 is 0. The van der Waals surface area contributed by atoms with Crippen molar-refractivity contribution >= 4 is 49.5 Å². The van der Waals surface area contributed by atoms with Gasteiger partial charge in [-0.3, -0.25) is 14.0 Å². The molecule has 0 spiro atoms. The largest absolute Gasteiger partial charge is 0.348 e. The fourth-order valence-electron chi connectivity index (χ4n) is 6.75. The number of fused-ring (bicyclic) bond motifs is 10. The normalized spacial score (nSPS) is 13.6. The van der Waals surface area contributed by atoms with Crippen molar-refractivity contribution < 1.29 is 17.8 Å². The molecule has 3 aromatic heterocycles. The first-order chi connectivity index (χ1) is 22.5. The van der Waals surface area contributed by atoms with E-state index in [9.17, 15) is 13.2 Å². The summed E-state index contributed by atoms with van der Waals surface area (Å²) in [5, 5.41) is 13.5. The lowest BCUT2D eigenvalue weighted by atomic mass is 9.82. The number of hydrogen-bond acceptors (Lipinski definition) is 7. The van der Waals surface area contributed by atoms with E-state index < -0.39 is 10.1 Å². The molecule has 2 aliphatic rings. The minimum Gasteiger partial charge on any atom is -0.348 e. The molecule has 0 bridgehead atoms. The van der Waals surface area contributed by atoms with Crippen LogP contribution < -0.4 is 10.6 Å². The highest BCUT2D eigenvalue weighted by molar-refractivity contribution is 7.85. The zero-order chi connectivity index (χ0) is 33.0. The summed E-state index contributed by atoms with van der Waals surface area (Å²) < 4.78 is 33.9. The Bertz CT molecular complexity index is 2290. The number of nitrogens with one attached hydrogen (secondary N) is 2. The van der Waals surface area contributed by atoms with Crippen molar-refractivity contribution in [2.75, 3.05) is 5.32 Å². The summed E-state index contributed by atoms with van der Waals surface area (Å²) in [5.74, 6) is 1.04. The summed E-state index contributed by atoms with van der Waals surface area (Å²) in [7, 11) is -2.06. The van der Waals surface area contributed by atoms with Crippen LogP contribution in [0.3, 0.4) is 0 Å². The van der Waals surface area contributed by atoms with E-state index in [0.717, 1.165) is 64.0 Å². The molecule has 12 heteroatoms. The Balaban J connectivity index is 0.000000273. The molecule has 1 aliphatic heterocycles. The van der Waals surface area contributed by atoms with E-state index in [1.54, 1.807) is 30.6 Å². The third-order valence-electron chi connectivity index (χ3n) is 8.63. The standard InChI is InChI=1S/C28H27N7O.C7H8O3S/c1-15(2)13-35-22-8-5-16(32-28-29-9-4-10-30-28)11-18(22)24-19-12-31-27(36)25(19)23-17(26(24)35)6-7-21-20(23)14-34(3)33-21;1-6-2-4-7(5-3-6)11(8,9)10/h4-5,8-11,14-15H,6-7,12-13H2,1-3H3,(H,31,36)(H,29,30,32);2-5H,1H3,(H,8,9,10). The summed E-state index contributed by atoms with van der Waals surface area (Å²) in [6, 6.07) is 14.2. The van der Waals surface area contributed by atoms with Gasteiger partial charge in [-0.1, -0.05) is 31.5 Å². The third kappa shape index (κ3) is 5.53. The molecule has 240 valence electrons. The van der Waals surface area contributed by atoms with E-state index in [1.807, 2.05) is 18.7 Å². The van der Waals surface area contributed by atoms with E-state index in [2.05, 4.69) is 63.4 Å². The molecule has 47 heavy (non-hydrogen) atoms. The Morgan fingerprint density at radius 2 is 1.77 bits per heavy atom. The SMILES string of the molecule is CC(C)Cn1c2ccc(Nc3ncccn3)cc2c2c3c(c4c(c21)CCc1nn(C)cc1-4)C(=O)NC3.Cc1ccc(S(=O)(=O)O)cc1. The van der Waals surface area contributed by atoms with Gasteiger partial charge < -0.3 is 15.2 Å². The van der Waals surface area contributed by atoms with Crippen molar-refractivity contribution in [2.45, 2.75) is 51.6 Å². The van der Waals surface area contributed by atoms with Crippen molar-refractivity contribution in [2.24, 2.45) is 13.0 Å². The van der Waals surface area contributed by atoms with Crippen LogP contribution in [0.2, 0.25) is 0 Å². The molecular formula is C35H35N7O4S. The highest BCUT2D eigenvalue weighted by Crippen LogP contribution is 2.47. The molecule has 6 aromatic rings. The minimum absolute atomic E-state index is 0.0107. The molecule has 1 aliphatic carbocycles. The number of aromatic nitrogens is 5. The van der Waals surface area contributed by atoms with Crippen LogP contribution in [-0.2, 0) is 43.1 Å². The lowest BCUT2D eigenvalue weighted by Crippen LogP contribution is -2.15. The van der Waals surface area contributed by atoms with Gasteiger partial charge in [0, 0.05) is 71.8 Å². The molecule has 1 amide bonds. The quantitative estimate of drug-likeness (QED) is 0.194. The van der Waals surface area contributed by atoms with Crippen LogP contribution in [0.15, 0.2) is 72.0 Å². The molecule has 0 atom stereocenters. The first-order valence-corrected chi connectivity index (χ1v) is 17.0. The molecule has 4 heterocycles. The molecule has 11 nitrogen and oxygen atoms in total. The van der Waals surface area contributed by atoms with Gasteiger partial charge in [-0.15, -0.1) is 0 Å². The highest BCUT2D eigenvalue weighted by Gasteiger charge is 2.35. The predicted octanol–water partition coefficient (Wildman–Crippen LogP) is 5.97. The summed E-state index contributed by atoms with van der Waals surface area (Å²) in [4.78, 5) is 21.8. The van der Waals surface area contributed by atoms with Crippen LogP contribution >= 0.6 is 0 Å². The van der Waals surface area contributed by atoms with Gasteiger partial charge in [0.05, 0.1) is 21.7 Å². The fraction of sp³-hybridized carbons (Fsp3) is 0.257. The van der Waals surface area contributed by atoms with Crippen molar-refractivity contribution in [3.05, 3.63) is 95.1 Å². The topological polar surface area (TPSA) is 144 Å². The van der Waals surface area contributed by atoms with Crippen LogP contribution in [0.25, 0.3) is 32.9 Å². The van der Waals surface area contributed by atoms with E-state index >= 15 is 0 Å². The average Bonchev–Trinajstić information content (AvgIpc) is 3.70.